The van der Waals surface area contributed by atoms with Crippen molar-refractivity contribution in [2.45, 2.75) is 51.0 Å². The van der Waals surface area contributed by atoms with Crippen molar-refractivity contribution in [3.8, 4) is 0 Å². The molecule has 0 aliphatic carbocycles. The highest BCUT2D eigenvalue weighted by molar-refractivity contribution is 7.11. The van der Waals surface area contributed by atoms with Gasteiger partial charge in [-0.1, -0.05) is 0 Å². The van der Waals surface area contributed by atoms with Crippen molar-refractivity contribution in [3.63, 3.8) is 0 Å². The van der Waals surface area contributed by atoms with Crippen molar-refractivity contribution in [3.05, 3.63) is 21.9 Å². The highest BCUT2D eigenvalue weighted by atomic mass is 32.1. The van der Waals surface area contributed by atoms with Crippen LogP contribution in [0.15, 0.2) is 12.1 Å². The van der Waals surface area contributed by atoms with Gasteiger partial charge in [0.1, 0.15) is 6.10 Å². The number of amides is 1. The Morgan fingerprint density at radius 2 is 2.30 bits per heavy atom. The third-order valence-electron chi connectivity index (χ3n) is 4.72. The Hall–Kier alpha value is -0.950. The summed E-state index contributed by atoms with van der Waals surface area (Å²) in [6, 6.07) is 4.87. The normalized spacial score (nSPS) is 27.8. The number of aryl methyl sites for hydroxylation is 1. The van der Waals surface area contributed by atoms with Gasteiger partial charge in [0.05, 0.1) is 12.7 Å². The van der Waals surface area contributed by atoms with E-state index in [-0.39, 0.29) is 18.1 Å². The molecule has 1 aromatic heterocycles. The molecular weight excluding hydrogens is 312 g/mol. The fraction of sp³-hybridized carbons (Fsp3) is 0.706. The van der Waals surface area contributed by atoms with E-state index in [9.17, 15) is 4.79 Å². The number of ether oxygens (including phenoxy) is 2. The van der Waals surface area contributed by atoms with Crippen molar-refractivity contribution in [2.24, 2.45) is 0 Å². The summed E-state index contributed by atoms with van der Waals surface area (Å²) in [5, 5.41) is 2.89. The zero-order chi connectivity index (χ0) is 16.2. The van der Waals surface area contributed by atoms with Crippen LogP contribution in [-0.2, 0) is 20.8 Å². The second-order valence-corrected chi connectivity index (χ2v) is 7.74. The smallest absolute Gasteiger partial charge is 0.249 e. The van der Waals surface area contributed by atoms with Crippen LogP contribution in [0.2, 0.25) is 0 Å². The van der Waals surface area contributed by atoms with E-state index < -0.39 is 0 Å². The largest absolute Gasteiger partial charge is 0.383 e. The fourth-order valence-electron chi connectivity index (χ4n) is 3.56. The molecule has 5 nitrogen and oxygen atoms in total. The third kappa shape index (κ3) is 4.12. The van der Waals surface area contributed by atoms with E-state index in [1.807, 2.05) is 11.3 Å². The van der Waals surface area contributed by atoms with Gasteiger partial charge in [0.2, 0.25) is 5.91 Å². The Bertz CT molecular complexity index is 534. The van der Waals surface area contributed by atoms with Gasteiger partial charge < -0.3 is 14.8 Å². The number of carbonyl (C=O) groups excluding carboxylic acids is 1. The van der Waals surface area contributed by atoms with Gasteiger partial charge in [0.25, 0.3) is 0 Å². The second-order valence-electron chi connectivity index (χ2n) is 6.36. The summed E-state index contributed by atoms with van der Waals surface area (Å²) in [6.07, 6.45) is 2.77. The molecule has 0 saturated carbocycles. The molecule has 3 atom stereocenters. The first kappa shape index (κ1) is 16.9. The quantitative estimate of drug-likeness (QED) is 0.806. The van der Waals surface area contributed by atoms with Crippen molar-refractivity contribution < 1.29 is 14.3 Å². The zero-order valence-corrected chi connectivity index (χ0v) is 14.7. The van der Waals surface area contributed by atoms with E-state index in [1.54, 1.807) is 7.11 Å². The summed E-state index contributed by atoms with van der Waals surface area (Å²) in [7, 11) is 1.63. The minimum Gasteiger partial charge on any atom is -0.383 e. The monoisotopic (exact) mass is 338 g/mol. The van der Waals surface area contributed by atoms with Gasteiger partial charge in [-0.15, -0.1) is 11.3 Å². The molecule has 3 rings (SSSR count). The first-order valence-corrected chi connectivity index (χ1v) is 9.20. The first-order valence-electron chi connectivity index (χ1n) is 8.39. The van der Waals surface area contributed by atoms with Gasteiger partial charge in [-0.2, -0.15) is 0 Å². The van der Waals surface area contributed by atoms with Crippen LogP contribution in [0.4, 0.5) is 0 Å². The van der Waals surface area contributed by atoms with Crippen molar-refractivity contribution in [2.75, 3.05) is 26.8 Å². The second kappa shape index (κ2) is 7.75. The number of carbonyl (C=O) groups is 1. The number of likely N-dealkylation sites (tertiary alicyclic amines) is 1. The number of thiophene rings is 1. The lowest BCUT2D eigenvalue weighted by atomic mass is 9.98. The molecule has 2 saturated heterocycles. The lowest BCUT2D eigenvalue weighted by Gasteiger charge is -2.35. The summed E-state index contributed by atoms with van der Waals surface area (Å²) in [5.41, 5.74) is 0. The predicted octanol–water partition coefficient (Wildman–Crippen LogP) is 1.94. The summed E-state index contributed by atoms with van der Waals surface area (Å²) in [6.45, 7) is 5.31. The number of methoxy groups -OCH3 is 1. The maximum Gasteiger partial charge on any atom is 0.249 e. The molecule has 2 aliphatic rings. The van der Waals surface area contributed by atoms with Crippen molar-refractivity contribution >= 4 is 17.2 Å². The number of hydrogen-bond donors (Lipinski definition) is 1. The van der Waals surface area contributed by atoms with E-state index in [1.165, 1.54) is 9.75 Å². The molecule has 0 bridgehead atoms. The highest BCUT2D eigenvalue weighted by Gasteiger charge is 2.41. The van der Waals surface area contributed by atoms with E-state index in [4.69, 9.17) is 9.47 Å². The maximum atomic E-state index is 12.1. The molecule has 1 amide bonds. The Labute approximate surface area is 142 Å². The van der Waals surface area contributed by atoms with Crippen LogP contribution in [0.3, 0.4) is 0 Å². The van der Waals surface area contributed by atoms with Gasteiger partial charge in [0.15, 0.2) is 0 Å². The standard InChI is InChI=1S/C17H26N2O3S/c1-12-3-4-13(23-12)11-19-9-7-15-14(19)5-6-16(22-15)17(20)18-8-10-21-2/h3-4,14-16H,5-11H2,1-2H3,(H,18,20)/t14-,15-,16-/m0/s1. The lowest BCUT2D eigenvalue weighted by molar-refractivity contribution is -0.144. The molecule has 128 valence electrons. The molecule has 1 aromatic rings. The van der Waals surface area contributed by atoms with E-state index in [0.29, 0.717) is 19.2 Å². The van der Waals surface area contributed by atoms with Gasteiger partial charge in [0, 0.05) is 42.5 Å². The SMILES string of the molecule is COCCNC(=O)[C@@H]1CC[C@H]2[C@H](CCN2Cc2ccc(C)s2)O1. The van der Waals surface area contributed by atoms with Crippen LogP contribution < -0.4 is 5.32 Å². The minimum atomic E-state index is -0.294. The van der Waals surface area contributed by atoms with Gasteiger partial charge in [-0.05, 0) is 38.3 Å². The number of rotatable bonds is 6. The third-order valence-corrected chi connectivity index (χ3v) is 5.70. The molecule has 23 heavy (non-hydrogen) atoms. The van der Waals surface area contributed by atoms with E-state index in [2.05, 4.69) is 29.3 Å². The number of nitrogens with one attached hydrogen (secondary N) is 1. The number of fused-ring (bicyclic) bond motifs is 1. The molecule has 2 aliphatic heterocycles. The van der Waals surface area contributed by atoms with Crippen LogP contribution >= 0.6 is 11.3 Å². The highest BCUT2D eigenvalue weighted by Crippen LogP contribution is 2.33. The minimum absolute atomic E-state index is 0.00725. The topological polar surface area (TPSA) is 50.8 Å². The fourth-order valence-corrected chi connectivity index (χ4v) is 4.48. The van der Waals surface area contributed by atoms with E-state index in [0.717, 1.165) is 32.4 Å². The lowest BCUT2D eigenvalue weighted by Crippen LogP contribution is -2.48. The van der Waals surface area contributed by atoms with Crippen LogP contribution in [0.25, 0.3) is 0 Å². The summed E-state index contributed by atoms with van der Waals surface area (Å²) >= 11 is 1.87. The molecule has 0 unspecified atom stereocenters. The summed E-state index contributed by atoms with van der Waals surface area (Å²) in [4.78, 5) is 17.4. The van der Waals surface area contributed by atoms with E-state index >= 15 is 0 Å². The first-order chi connectivity index (χ1) is 11.2. The molecule has 6 heteroatoms. The molecule has 1 N–H and O–H groups in total. The Morgan fingerprint density at radius 3 is 3.04 bits per heavy atom. The Kier molecular flexibility index (Phi) is 5.69. The Balaban J connectivity index is 1.50. The Morgan fingerprint density at radius 1 is 1.43 bits per heavy atom. The summed E-state index contributed by atoms with van der Waals surface area (Å²) < 4.78 is 11.0. The molecule has 0 radical (unpaired) electrons. The predicted molar refractivity (Wildman–Crippen MR) is 90.7 cm³/mol. The summed E-state index contributed by atoms with van der Waals surface area (Å²) in [5.74, 6) is 0.00725. The average Bonchev–Trinajstić information content (AvgIpc) is 3.14. The van der Waals surface area contributed by atoms with Crippen LogP contribution in [0.5, 0.6) is 0 Å². The van der Waals surface area contributed by atoms with Crippen LogP contribution in [-0.4, -0.2) is 55.9 Å². The van der Waals surface area contributed by atoms with Crippen molar-refractivity contribution in [1.29, 1.82) is 0 Å². The van der Waals surface area contributed by atoms with Gasteiger partial charge >= 0.3 is 0 Å². The van der Waals surface area contributed by atoms with Crippen molar-refractivity contribution in [1.82, 2.24) is 10.2 Å². The van der Waals surface area contributed by atoms with Gasteiger partial charge in [-0.3, -0.25) is 9.69 Å². The average molecular weight is 338 g/mol. The van der Waals surface area contributed by atoms with Gasteiger partial charge in [-0.25, -0.2) is 0 Å². The zero-order valence-electron chi connectivity index (χ0n) is 13.9. The molecule has 2 fully saturated rings. The van der Waals surface area contributed by atoms with Crippen LogP contribution in [0.1, 0.15) is 29.0 Å². The molecule has 0 aromatic carbocycles. The molecule has 0 spiro atoms. The molecule has 3 heterocycles. The number of hydrogen-bond acceptors (Lipinski definition) is 5. The maximum absolute atomic E-state index is 12.1. The van der Waals surface area contributed by atoms with Crippen LogP contribution in [0, 0.1) is 6.92 Å². The number of nitrogens with zero attached hydrogens (tertiary/aromatic N) is 1. The molecular formula is C17H26N2O3S.